The molecule has 158 valence electrons. The van der Waals surface area contributed by atoms with E-state index in [1.165, 1.54) is 0 Å². The Bertz CT molecular complexity index is 853. The number of nitrogens with one attached hydrogen (secondary N) is 1. The number of carbonyl (C=O) groups excluding carboxylic acids is 1. The number of hydrogen-bond donors (Lipinski definition) is 2. The van der Waals surface area contributed by atoms with Gasteiger partial charge in [0.05, 0.1) is 22.9 Å². The lowest BCUT2D eigenvalue weighted by Crippen LogP contribution is -2.60. The fraction of sp³-hybridized carbons (Fsp3) is 0.619. The number of rotatable bonds is 4. The first kappa shape index (κ1) is 22.5. The highest BCUT2D eigenvalue weighted by molar-refractivity contribution is 5.92. The number of aromatic nitrogens is 1. The van der Waals surface area contributed by atoms with Crippen LogP contribution in [-0.2, 0) is 11.2 Å². The number of hydrogen-bond acceptors (Lipinski definition) is 6. The number of amides is 1. The van der Waals surface area contributed by atoms with Crippen molar-refractivity contribution in [2.45, 2.75) is 66.5 Å². The Balaban J connectivity index is 2.28. The van der Waals surface area contributed by atoms with Crippen LogP contribution in [-0.4, -0.2) is 46.9 Å². The van der Waals surface area contributed by atoms with Gasteiger partial charge in [-0.15, -0.1) is 0 Å². The standard InChI is InChI=1S/C21H30N4O4/c1-12-16(18(26)27)14(8-20(2,3)4)15(9-22)17(23-12)25-10-13(11-25)24-19(28)29-21(5,6)7/h13H,8,10-11H2,1-7H3,(H,24,28)(H,26,27). The number of alkyl carbamates (subject to hydrolysis) is 1. The molecule has 2 rings (SSSR count). The number of nitriles is 1. The Morgan fingerprint density at radius 2 is 1.86 bits per heavy atom. The number of aryl methyl sites for hydroxylation is 1. The monoisotopic (exact) mass is 402 g/mol. The summed E-state index contributed by atoms with van der Waals surface area (Å²) in [6.07, 6.45) is -0.0390. The van der Waals surface area contributed by atoms with Crippen LogP contribution in [0.5, 0.6) is 0 Å². The van der Waals surface area contributed by atoms with Crippen molar-refractivity contribution in [1.82, 2.24) is 10.3 Å². The van der Waals surface area contributed by atoms with Gasteiger partial charge in [-0.1, -0.05) is 20.8 Å². The second-order valence-electron chi connectivity index (χ2n) is 9.65. The molecule has 1 fully saturated rings. The predicted molar refractivity (Wildman–Crippen MR) is 109 cm³/mol. The summed E-state index contributed by atoms with van der Waals surface area (Å²) in [6, 6.07) is 2.04. The van der Waals surface area contributed by atoms with Gasteiger partial charge in [-0.2, -0.15) is 5.26 Å². The molecule has 0 bridgehead atoms. The van der Waals surface area contributed by atoms with E-state index in [2.05, 4.69) is 16.4 Å². The number of ether oxygens (including phenoxy) is 1. The molecule has 1 saturated heterocycles. The quantitative estimate of drug-likeness (QED) is 0.794. The molecule has 1 aliphatic heterocycles. The van der Waals surface area contributed by atoms with E-state index in [1.54, 1.807) is 27.7 Å². The molecule has 0 radical (unpaired) electrons. The SMILES string of the molecule is Cc1nc(N2CC(NC(=O)OC(C)(C)C)C2)c(C#N)c(CC(C)(C)C)c1C(=O)O. The molecule has 1 aromatic heterocycles. The van der Waals surface area contributed by atoms with Crippen LogP contribution in [0, 0.1) is 23.7 Å². The van der Waals surface area contributed by atoms with Crippen LogP contribution in [0.15, 0.2) is 0 Å². The molecular weight excluding hydrogens is 372 g/mol. The Hall–Kier alpha value is -2.82. The number of anilines is 1. The number of carboxylic acid groups (broad SMARTS) is 1. The van der Waals surface area contributed by atoms with E-state index in [1.807, 2.05) is 25.7 Å². The lowest BCUT2D eigenvalue weighted by Gasteiger charge is -2.41. The third-order valence-electron chi connectivity index (χ3n) is 4.40. The maximum Gasteiger partial charge on any atom is 0.407 e. The van der Waals surface area contributed by atoms with Crippen molar-refractivity contribution < 1.29 is 19.4 Å². The van der Waals surface area contributed by atoms with Crippen molar-refractivity contribution in [3.05, 3.63) is 22.4 Å². The molecule has 2 N–H and O–H groups in total. The minimum atomic E-state index is -1.08. The topological polar surface area (TPSA) is 116 Å². The number of aromatic carboxylic acids is 1. The molecule has 0 unspecified atom stereocenters. The second kappa shape index (κ2) is 7.90. The summed E-state index contributed by atoms with van der Waals surface area (Å²) in [6.45, 7) is 14.0. The minimum absolute atomic E-state index is 0.101. The van der Waals surface area contributed by atoms with Gasteiger partial charge in [-0.05, 0) is 45.1 Å². The van der Waals surface area contributed by atoms with Gasteiger partial charge < -0.3 is 20.1 Å². The molecule has 1 aliphatic rings. The van der Waals surface area contributed by atoms with E-state index in [-0.39, 0.29) is 17.0 Å². The van der Waals surface area contributed by atoms with E-state index in [0.29, 0.717) is 42.1 Å². The van der Waals surface area contributed by atoms with Crippen LogP contribution < -0.4 is 10.2 Å². The minimum Gasteiger partial charge on any atom is -0.478 e. The van der Waals surface area contributed by atoms with E-state index in [4.69, 9.17) is 4.74 Å². The molecule has 0 aromatic carbocycles. The van der Waals surface area contributed by atoms with Gasteiger partial charge in [0.15, 0.2) is 0 Å². The number of carboxylic acids is 1. The van der Waals surface area contributed by atoms with E-state index < -0.39 is 17.7 Å². The smallest absolute Gasteiger partial charge is 0.407 e. The molecular formula is C21H30N4O4. The highest BCUT2D eigenvalue weighted by atomic mass is 16.6. The largest absolute Gasteiger partial charge is 0.478 e. The average molecular weight is 402 g/mol. The van der Waals surface area contributed by atoms with Crippen molar-refractivity contribution in [1.29, 1.82) is 5.26 Å². The van der Waals surface area contributed by atoms with Crippen molar-refractivity contribution in [2.75, 3.05) is 18.0 Å². The van der Waals surface area contributed by atoms with Gasteiger partial charge >= 0.3 is 12.1 Å². The van der Waals surface area contributed by atoms with Crippen molar-refractivity contribution in [2.24, 2.45) is 5.41 Å². The van der Waals surface area contributed by atoms with E-state index in [0.717, 1.165) is 0 Å². The normalized spacial score (nSPS) is 14.8. The summed E-state index contributed by atoms with van der Waals surface area (Å²) in [5.74, 6) is -0.609. The Labute approximate surface area is 171 Å². The molecule has 2 heterocycles. The third kappa shape index (κ3) is 5.59. The first-order valence-corrected chi connectivity index (χ1v) is 9.63. The summed E-state index contributed by atoms with van der Waals surface area (Å²) >= 11 is 0. The van der Waals surface area contributed by atoms with Gasteiger partial charge in [-0.3, -0.25) is 0 Å². The first-order valence-electron chi connectivity index (χ1n) is 9.63. The third-order valence-corrected chi connectivity index (χ3v) is 4.40. The van der Waals surface area contributed by atoms with Crippen molar-refractivity contribution in [3.63, 3.8) is 0 Å². The average Bonchev–Trinajstić information content (AvgIpc) is 2.46. The molecule has 8 nitrogen and oxygen atoms in total. The molecule has 0 spiro atoms. The van der Waals surface area contributed by atoms with Crippen LogP contribution >= 0.6 is 0 Å². The molecule has 8 heteroatoms. The fourth-order valence-electron chi connectivity index (χ4n) is 3.30. The maximum atomic E-state index is 11.9. The summed E-state index contributed by atoms with van der Waals surface area (Å²) in [7, 11) is 0. The Kier molecular flexibility index (Phi) is 6.12. The number of nitrogens with zero attached hydrogens (tertiary/aromatic N) is 3. The summed E-state index contributed by atoms with van der Waals surface area (Å²) in [5.41, 5.74) is 0.515. The zero-order valence-electron chi connectivity index (χ0n) is 18.2. The van der Waals surface area contributed by atoms with Crippen molar-refractivity contribution >= 4 is 17.9 Å². The van der Waals surface area contributed by atoms with Gasteiger partial charge in [0.1, 0.15) is 17.5 Å². The van der Waals surface area contributed by atoms with Crippen LogP contribution in [0.2, 0.25) is 0 Å². The molecule has 1 aromatic rings. The lowest BCUT2D eigenvalue weighted by molar-refractivity contribution is 0.0495. The Morgan fingerprint density at radius 3 is 2.31 bits per heavy atom. The highest BCUT2D eigenvalue weighted by Gasteiger charge is 2.34. The van der Waals surface area contributed by atoms with Crippen LogP contribution in [0.1, 0.15) is 68.7 Å². The fourth-order valence-corrected chi connectivity index (χ4v) is 3.30. The predicted octanol–water partition coefficient (Wildman–Crippen LogP) is 3.26. The van der Waals surface area contributed by atoms with Gasteiger partial charge in [0.25, 0.3) is 0 Å². The zero-order chi connectivity index (χ0) is 22.1. The maximum absolute atomic E-state index is 11.9. The van der Waals surface area contributed by atoms with Crippen molar-refractivity contribution in [3.8, 4) is 6.07 Å². The Morgan fingerprint density at radius 1 is 1.28 bits per heavy atom. The molecule has 0 saturated carbocycles. The van der Waals surface area contributed by atoms with Gasteiger partial charge in [0.2, 0.25) is 0 Å². The van der Waals surface area contributed by atoms with Crippen LogP contribution in [0.25, 0.3) is 0 Å². The highest BCUT2D eigenvalue weighted by Crippen LogP contribution is 2.33. The molecule has 0 atom stereocenters. The van der Waals surface area contributed by atoms with Gasteiger partial charge in [-0.25, -0.2) is 14.6 Å². The van der Waals surface area contributed by atoms with Crippen LogP contribution in [0.4, 0.5) is 10.6 Å². The van der Waals surface area contributed by atoms with E-state index in [9.17, 15) is 20.0 Å². The first-order chi connectivity index (χ1) is 13.2. The van der Waals surface area contributed by atoms with Crippen LogP contribution in [0.3, 0.4) is 0 Å². The van der Waals surface area contributed by atoms with E-state index >= 15 is 0 Å². The molecule has 0 aliphatic carbocycles. The number of pyridine rings is 1. The summed E-state index contributed by atoms with van der Waals surface area (Å²) in [4.78, 5) is 30.1. The lowest BCUT2D eigenvalue weighted by atomic mass is 9.83. The summed E-state index contributed by atoms with van der Waals surface area (Å²) in [5, 5.41) is 22.3. The molecule has 29 heavy (non-hydrogen) atoms. The summed E-state index contributed by atoms with van der Waals surface area (Å²) < 4.78 is 5.26. The number of carbonyl (C=O) groups is 2. The van der Waals surface area contributed by atoms with Gasteiger partial charge in [0, 0.05) is 13.1 Å². The second-order valence-corrected chi connectivity index (χ2v) is 9.65. The zero-order valence-corrected chi connectivity index (χ0v) is 18.2. The molecule has 1 amide bonds.